The van der Waals surface area contributed by atoms with Crippen molar-refractivity contribution in [3.05, 3.63) is 53.2 Å². The Morgan fingerprint density at radius 1 is 1.16 bits per heavy atom. The number of carbonyl (C=O) groups excluding carboxylic acids is 2. The van der Waals surface area contributed by atoms with Crippen molar-refractivity contribution >= 4 is 17.4 Å². The number of nitrogens with one attached hydrogen (secondary N) is 1. The molecule has 3 aromatic rings. The lowest BCUT2D eigenvalue weighted by atomic mass is 9.97. The van der Waals surface area contributed by atoms with Gasteiger partial charge in [0.15, 0.2) is 17.2 Å². The molecule has 0 fully saturated rings. The highest BCUT2D eigenvalue weighted by Crippen LogP contribution is 2.42. The molecule has 0 saturated heterocycles. The van der Waals surface area contributed by atoms with Crippen LogP contribution in [0.5, 0.6) is 17.2 Å². The van der Waals surface area contributed by atoms with Crippen LogP contribution >= 0.6 is 0 Å². The van der Waals surface area contributed by atoms with E-state index in [9.17, 15) is 19.8 Å². The molecular formula is C23H25N3O6. The molecule has 0 aliphatic rings. The van der Waals surface area contributed by atoms with Crippen LogP contribution in [0, 0.1) is 0 Å². The van der Waals surface area contributed by atoms with Gasteiger partial charge in [0.05, 0.1) is 12.7 Å². The fourth-order valence-corrected chi connectivity index (χ4v) is 3.20. The minimum absolute atomic E-state index is 0.00379. The fourth-order valence-electron chi connectivity index (χ4n) is 3.20. The van der Waals surface area contributed by atoms with Crippen molar-refractivity contribution in [1.29, 1.82) is 0 Å². The molecule has 2 aromatic carbocycles. The van der Waals surface area contributed by atoms with E-state index in [0.29, 0.717) is 16.9 Å². The second kappa shape index (κ2) is 9.52. The van der Waals surface area contributed by atoms with Crippen LogP contribution in [0.25, 0.3) is 11.3 Å². The quantitative estimate of drug-likeness (QED) is 0.389. The van der Waals surface area contributed by atoms with E-state index in [-0.39, 0.29) is 53.1 Å². The van der Waals surface area contributed by atoms with Gasteiger partial charge >= 0.3 is 0 Å². The lowest BCUT2D eigenvalue weighted by molar-refractivity contribution is 0.0977. The van der Waals surface area contributed by atoms with Crippen molar-refractivity contribution in [2.45, 2.75) is 26.2 Å². The zero-order valence-electron chi connectivity index (χ0n) is 18.0. The molecule has 0 aliphatic heterocycles. The number of nitrogens with zero attached hydrogens (tertiary/aromatic N) is 1. The van der Waals surface area contributed by atoms with Gasteiger partial charge in [-0.3, -0.25) is 9.59 Å². The number of methoxy groups -OCH3 is 1. The third kappa shape index (κ3) is 4.57. The van der Waals surface area contributed by atoms with E-state index in [2.05, 4.69) is 10.5 Å². The van der Waals surface area contributed by atoms with Gasteiger partial charge < -0.3 is 30.5 Å². The highest BCUT2D eigenvalue weighted by Gasteiger charge is 2.27. The van der Waals surface area contributed by atoms with Crippen molar-refractivity contribution in [3.63, 3.8) is 0 Å². The summed E-state index contributed by atoms with van der Waals surface area (Å²) in [6, 6.07) is 9.12. The lowest BCUT2D eigenvalue weighted by Crippen LogP contribution is -2.16. The minimum atomic E-state index is -0.513. The number of anilines is 1. The number of hydrogen-bond acceptors (Lipinski definition) is 8. The Balaban J connectivity index is 2.09. The minimum Gasteiger partial charge on any atom is -0.508 e. The summed E-state index contributed by atoms with van der Waals surface area (Å²) in [6.07, 6.45) is -0.00379. The van der Waals surface area contributed by atoms with Crippen molar-refractivity contribution < 1.29 is 29.1 Å². The first-order valence-electron chi connectivity index (χ1n) is 10.0. The highest BCUT2D eigenvalue weighted by atomic mass is 16.5. The van der Waals surface area contributed by atoms with Gasteiger partial charge in [0.25, 0.3) is 5.91 Å². The van der Waals surface area contributed by atoms with Gasteiger partial charge in [0, 0.05) is 18.1 Å². The maximum atomic E-state index is 12.9. The van der Waals surface area contributed by atoms with E-state index in [0.717, 1.165) is 0 Å². The van der Waals surface area contributed by atoms with Gasteiger partial charge in [-0.2, -0.15) is 0 Å². The molecule has 1 amide bonds. The Kier molecular flexibility index (Phi) is 6.79. The van der Waals surface area contributed by atoms with Crippen molar-refractivity contribution in [1.82, 2.24) is 5.16 Å². The van der Waals surface area contributed by atoms with E-state index in [1.54, 1.807) is 24.3 Å². The molecule has 9 heteroatoms. The fraction of sp³-hybridized carbons (Fsp3) is 0.261. The van der Waals surface area contributed by atoms with Gasteiger partial charge in [-0.15, -0.1) is 0 Å². The maximum absolute atomic E-state index is 12.9. The monoisotopic (exact) mass is 439 g/mol. The lowest BCUT2D eigenvalue weighted by Gasteiger charge is -2.13. The van der Waals surface area contributed by atoms with Gasteiger partial charge in [0.1, 0.15) is 22.9 Å². The number of amides is 1. The van der Waals surface area contributed by atoms with Crippen LogP contribution < -0.4 is 15.8 Å². The summed E-state index contributed by atoms with van der Waals surface area (Å²) in [5, 5.41) is 27.1. The second-order valence-corrected chi connectivity index (χ2v) is 7.46. The molecule has 0 radical (unpaired) electrons. The third-order valence-electron chi connectivity index (χ3n) is 4.93. The Hall–Kier alpha value is -3.85. The van der Waals surface area contributed by atoms with Crippen LogP contribution in [-0.2, 0) is 0 Å². The number of hydrogen-bond donors (Lipinski definition) is 4. The highest BCUT2D eigenvalue weighted by molar-refractivity contribution is 6.11. The maximum Gasteiger partial charge on any atom is 0.255 e. The van der Waals surface area contributed by atoms with Gasteiger partial charge in [-0.25, -0.2) is 0 Å². The molecule has 1 aromatic heterocycles. The number of Topliss-reactive ketones (excluding diaryl/α,β-unsaturated/α-hetero) is 1. The first-order valence-corrected chi connectivity index (χ1v) is 10.0. The molecule has 1 heterocycles. The van der Waals surface area contributed by atoms with Gasteiger partial charge in [-0.1, -0.05) is 19.0 Å². The average molecular weight is 439 g/mol. The average Bonchev–Trinajstić information content (AvgIpc) is 3.17. The molecule has 0 bridgehead atoms. The summed E-state index contributed by atoms with van der Waals surface area (Å²) in [6.45, 7) is 3.84. The van der Waals surface area contributed by atoms with Crippen molar-refractivity contribution in [2.24, 2.45) is 5.73 Å². The predicted octanol–water partition coefficient (Wildman–Crippen LogP) is 3.67. The molecule has 0 saturated carbocycles. The number of phenols is 2. The summed E-state index contributed by atoms with van der Waals surface area (Å²) in [4.78, 5) is 25.4. The van der Waals surface area contributed by atoms with E-state index < -0.39 is 11.7 Å². The molecule has 3 rings (SSSR count). The van der Waals surface area contributed by atoms with E-state index >= 15 is 0 Å². The number of benzene rings is 2. The standard InChI is InChI=1S/C23H25N3O6/c1-12(2)15-10-16(19(29)11-18(15)28)22-21(20(26-32-22)17(27)8-9-24)25-23(30)13-4-6-14(31-3)7-5-13/h4-7,10-12,28-29H,8-9,24H2,1-3H3,(H,25,30). The molecule has 9 nitrogen and oxygen atoms in total. The largest absolute Gasteiger partial charge is 0.508 e. The van der Waals surface area contributed by atoms with E-state index in [4.69, 9.17) is 15.0 Å². The molecule has 5 N–H and O–H groups in total. The number of aromatic nitrogens is 1. The molecule has 0 aliphatic carbocycles. The predicted molar refractivity (Wildman–Crippen MR) is 118 cm³/mol. The number of nitrogens with two attached hydrogens (primary N) is 1. The first kappa shape index (κ1) is 22.8. The van der Waals surface area contributed by atoms with Crippen LogP contribution in [0.4, 0.5) is 5.69 Å². The number of aromatic hydroxyl groups is 2. The number of phenolic OH excluding ortho intramolecular Hbond substituents is 2. The summed E-state index contributed by atoms with van der Waals surface area (Å²) in [7, 11) is 1.52. The Bertz CT molecular complexity index is 1140. The first-order chi connectivity index (χ1) is 15.3. The smallest absolute Gasteiger partial charge is 0.255 e. The second-order valence-electron chi connectivity index (χ2n) is 7.46. The van der Waals surface area contributed by atoms with Crippen LogP contribution in [0.3, 0.4) is 0 Å². The van der Waals surface area contributed by atoms with E-state index in [1.165, 1.54) is 19.2 Å². The zero-order valence-corrected chi connectivity index (χ0v) is 18.0. The van der Waals surface area contributed by atoms with Crippen LogP contribution in [-0.4, -0.2) is 40.7 Å². The molecule has 32 heavy (non-hydrogen) atoms. The number of carbonyl (C=O) groups is 2. The van der Waals surface area contributed by atoms with Gasteiger partial charge in [0.2, 0.25) is 0 Å². The van der Waals surface area contributed by atoms with Gasteiger partial charge in [-0.05, 0) is 48.4 Å². The Labute approximate surface area is 184 Å². The molecule has 168 valence electrons. The summed E-state index contributed by atoms with van der Waals surface area (Å²) >= 11 is 0. The molecular weight excluding hydrogens is 414 g/mol. The Morgan fingerprint density at radius 3 is 2.44 bits per heavy atom. The Morgan fingerprint density at radius 2 is 1.84 bits per heavy atom. The molecule has 0 spiro atoms. The summed E-state index contributed by atoms with van der Waals surface area (Å²) in [5.41, 5.74) is 6.45. The zero-order chi connectivity index (χ0) is 23.4. The van der Waals surface area contributed by atoms with Crippen LogP contribution in [0.1, 0.15) is 52.6 Å². The summed E-state index contributed by atoms with van der Waals surface area (Å²) in [5.74, 6) is -0.790. The molecule has 0 unspecified atom stereocenters. The number of ether oxygens (including phenoxy) is 1. The normalized spacial score (nSPS) is 10.9. The number of ketones is 1. The third-order valence-corrected chi connectivity index (χ3v) is 4.93. The molecule has 0 atom stereocenters. The SMILES string of the molecule is COc1ccc(C(=O)Nc2c(C(=O)CCN)noc2-c2cc(C(C)C)c(O)cc2O)cc1. The summed E-state index contributed by atoms with van der Waals surface area (Å²) < 4.78 is 10.5. The van der Waals surface area contributed by atoms with Crippen molar-refractivity contribution in [3.8, 4) is 28.6 Å². The van der Waals surface area contributed by atoms with Crippen LogP contribution in [0.15, 0.2) is 40.9 Å². The topological polar surface area (TPSA) is 148 Å². The van der Waals surface area contributed by atoms with Crippen LogP contribution in [0.2, 0.25) is 0 Å². The van der Waals surface area contributed by atoms with E-state index in [1.807, 2.05) is 13.8 Å². The van der Waals surface area contributed by atoms with Crippen molar-refractivity contribution in [2.75, 3.05) is 19.0 Å². The number of rotatable bonds is 8.